The Morgan fingerprint density at radius 2 is 2.15 bits per heavy atom. The van der Waals surface area contributed by atoms with Crippen molar-refractivity contribution in [3.63, 3.8) is 0 Å². The molecule has 1 aliphatic rings. The van der Waals surface area contributed by atoms with Gasteiger partial charge >= 0.3 is 0 Å². The quantitative estimate of drug-likeness (QED) is 0.864. The van der Waals surface area contributed by atoms with E-state index in [-0.39, 0.29) is 0 Å². The average molecular weight is 243 g/mol. The zero-order valence-electron chi connectivity index (χ0n) is 7.38. The van der Waals surface area contributed by atoms with Crippen LogP contribution in [0.2, 0.25) is 0 Å². The third-order valence-electron chi connectivity index (χ3n) is 2.39. The largest absolute Gasteiger partial charge is 0.496 e. The van der Waals surface area contributed by atoms with E-state index in [0.717, 1.165) is 28.6 Å². The van der Waals surface area contributed by atoms with Crippen molar-refractivity contribution >= 4 is 15.9 Å². The van der Waals surface area contributed by atoms with Gasteiger partial charge in [-0.15, -0.1) is 0 Å². The molecular formula is C10H11BrO2. The van der Waals surface area contributed by atoms with Gasteiger partial charge in [-0.2, -0.15) is 0 Å². The van der Waals surface area contributed by atoms with Crippen molar-refractivity contribution in [3.05, 3.63) is 28.2 Å². The van der Waals surface area contributed by atoms with Crippen molar-refractivity contribution in [2.45, 2.75) is 18.4 Å². The molecule has 0 unspecified atom stereocenters. The molecular weight excluding hydrogens is 232 g/mol. The van der Waals surface area contributed by atoms with E-state index in [1.54, 1.807) is 7.11 Å². The highest BCUT2D eigenvalue weighted by molar-refractivity contribution is 9.10. The highest BCUT2D eigenvalue weighted by atomic mass is 79.9. The van der Waals surface area contributed by atoms with Crippen molar-refractivity contribution in [1.82, 2.24) is 0 Å². The molecule has 13 heavy (non-hydrogen) atoms. The Labute approximate surface area is 85.7 Å². The van der Waals surface area contributed by atoms with Gasteiger partial charge in [0.05, 0.1) is 12.7 Å². The summed E-state index contributed by atoms with van der Waals surface area (Å²) in [5.74, 6) is 0.759. The summed E-state index contributed by atoms with van der Waals surface area (Å²) in [6, 6.07) is 5.72. The molecule has 1 saturated carbocycles. The van der Waals surface area contributed by atoms with Crippen LogP contribution in [0.5, 0.6) is 5.75 Å². The summed E-state index contributed by atoms with van der Waals surface area (Å²) in [7, 11) is 1.62. The van der Waals surface area contributed by atoms with Crippen molar-refractivity contribution in [1.29, 1.82) is 0 Å². The van der Waals surface area contributed by atoms with Crippen molar-refractivity contribution in [2.75, 3.05) is 7.11 Å². The molecule has 0 bridgehead atoms. The summed E-state index contributed by atoms with van der Waals surface area (Å²) >= 11 is 3.36. The van der Waals surface area contributed by atoms with Gasteiger partial charge in [-0.25, -0.2) is 0 Å². The summed E-state index contributed by atoms with van der Waals surface area (Å²) < 4.78 is 6.17. The summed E-state index contributed by atoms with van der Waals surface area (Å²) in [6.07, 6.45) is 1.68. The first kappa shape index (κ1) is 9.03. The Kier molecular flexibility index (Phi) is 2.08. The lowest BCUT2D eigenvalue weighted by molar-refractivity contribution is 0.147. The maximum absolute atomic E-state index is 9.91. The van der Waals surface area contributed by atoms with Crippen LogP contribution < -0.4 is 4.74 Å². The first-order valence-electron chi connectivity index (χ1n) is 4.22. The molecule has 1 N–H and O–H groups in total. The van der Waals surface area contributed by atoms with Gasteiger partial charge in [-0.1, -0.05) is 22.0 Å². The van der Waals surface area contributed by atoms with Crippen LogP contribution in [0.25, 0.3) is 0 Å². The van der Waals surface area contributed by atoms with E-state index in [9.17, 15) is 5.11 Å². The number of hydrogen-bond acceptors (Lipinski definition) is 2. The maximum atomic E-state index is 9.91. The van der Waals surface area contributed by atoms with Gasteiger partial charge in [-0.3, -0.25) is 0 Å². The summed E-state index contributed by atoms with van der Waals surface area (Å²) in [5, 5.41) is 9.91. The Hall–Kier alpha value is -0.540. The van der Waals surface area contributed by atoms with Gasteiger partial charge < -0.3 is 9.84 Å². The van der Waals surface area contributed by atoms with Crippen LogP contribution in [-0.4, -0.2) is 12.2 Å². The minimum atomic E-state index is -0.619. The van der Waals surface area contributed by atoms with E-state index in [2.05, 4.69) is 15.9 Å². The number of benzene rings is 1. The number of methoxy groups -OCH3 is 1. The number of ether oxygens (including phenoxy) is 1. The van der Waals surface area contributed by atoms with E-state index in [0.29, 0.717) is 0 Å². The smallest absolute Gasteiger partial charge is 0.126 e. The number of rotatable bonds is 2. The summed E-state index contributed by atoms with van der Waals surface area (Å²) in [6.45, 7) is 0. The Morgan fingerprint density at radius 3 is 2.69 bits per heavy atom. The molecule has 1 aromatic carbocycles. The summed E-state index contributed by atoms with van der Waals surface area (Å²) in [5.41, 5.74) is 0.282. The van der Waals surface area contributed by atoms with Gasteiger partial charge in [-0.05, 0) is 25.0 Å². The van der Waals surface area contributed by atoms with Crippen molar-refractivity contribution in [3.8, 4) is 5.75 Å². The lowest BCUT2D eigenvalue weighted by atomic mass is 10.1. The first-order valence-corrected chi connectivity index (χ1v) is 5.01. The number of halogens is 1. The fraction of sp³-hybridized carbons (Fsp3) is 0.400. The second kappa shape index (κ2) is 3.00. The fourth-order valence-electron chi connectivity index (χ4n) is 1.44. The first-order chi connectivity index (χ1) is 6.15. The molecule has 0 heterocycles. The van der Waals surface area contributed by atoms with Gasteiger partial charge in [0, 0.05) is 10.0 Å². The monoisotopic (exact) mass is 242 g/mol. The van der Waals surface area contributed by atoms with E-state index < -0.39 is 5.60 Å². The van der Waals surface area contributed by atoms with Crippen LogP contribution in [0.1, 0.15) is 18.4 Å². The predicted octanol–water partition coefficient (Wildman–Crippen LogP) is 2.44. The Bertz CT molecular complexity index is 332. The van der Waals surface area contributed by atoms with E-state index in [4.69, 9.17) is 4.74 Å². The third-order valence-corrected chi connectivity index (χ3v) is 2.88. The Balaban J connectivity index is 2.45. The van der Waals surface area contributed by atoms with E-state index in [1.807, 2.05) is 18.2 Å². The summed E-state index contributed by atoms with van der Waals surface area (Å²) in [4.78, 5) is 0. The van der Waals surface area contributed by atoms with E-state index >= 15 is 0 Å². The van der Waals surface area contributed by atoms with Crippen LogP contribution >= 0.6 is 15.9 Å². The fourth-order valence-corrected chi connectivity index (χ4v) is 1.78. The second-order valence-corrected chi connectivity index (χ2v) is 4.29. The normalized spacial score (nSPS) is 18.4. The van der Waals surface area contributed by atoms with Gasteiger partial charge in [0.2, 0.25) is 0 Å². The molecule has 0 aliphatic heterocycles. The molecule has 1 fully saturated rings. The number of hydrogen-bond donors (Lipinski definition) is 1. The van der Waals surface area contributed by atoms with Crippen molar-refractivity contribution < 1.29 is 9.84 Å². The molecule has 0 saturated heterocycles. The lowest BCUT2D eigenvalue weighted by Gasteiger charge is -2.13. The molecule has 0 aromatic heterocycles. The van der Waals surface area contributed by atoms with Gasteiger partial charge in [0.25, 0.3) is 0 Å². The minimum absolute atomic E-state index is 0.619. The lowest BCUT2D eigenvalue weighted by Crippen LogP contribution is -2.06. The molecule has 2 rings (SSSR count). The molecule has 0 amide bonds. The van der Waals surface area contributed by atoms with Crippen LogP contribution in [-0.2, 0) is 5.60 Å². The molecule has 3 heteroatoms. The van der Waals surface area contributed by atoms with Crippen LogP contribution in [0.15, 0.2) is 22.7 Å². The van der Waals surface area contributed by atoms with Crippen LogP contribution in [0.3, 0.4) is 0 Å². The minimum Gasteiger partial charge on any atom is -0.496 e. The molecule has 0 atom stereocenters. The SMILES string of the molecule is COc1cc(Br)ccc1C1(O)CC1. The highest BCUT2D eigenvalue weighted by Crippen LogP contribution is 2.49. The maximum Gasteiger partial charge on any atom is 0.126 e. The molecule has 1 aliphatic carbocycles. The zero-order chi connectivity index (χ0) is 9.47. The average Bonchev–Trinajstić information content (AvgIpc) is 2.84. The molecule has 2 nitrogen and oxygen atoms in total. The topological polar surface area (TPSA) is 29.5 Å². The third kappa shape index (κ3) is 1.58. The van der Waals surface area contributed by atoms with Crippen LogP contribution in [0, 0.1) is 0 Å². The number of aliphatic hydroxyl groups is 1. The van der Waals surface area contributed by atoms with Crippen LogP contribution in [0.4, 0.5) is 0 Å². The zero-order valence-corrected chi connectivity index (χ0v) is 8.97. The predicted molar refractivity (Wildman–Crippen MR) is 53.8 cm³/mol. The van der Waals surface area contributed by atoms with Gasteiger partial charge in [0.15, 0.2) is 0 Å². The second-order valence-electron chi connectivity index (χ2n) is 3.38. The van der Waals surface area contributed by atoms with Gasteiger partial charge in [0.1, 0.15) is 5.75 Å². The molecule has 0 spiro atoms. The van der Waals surface area contributed by atoms with Crippen molar-refractivity contribution in [2.24, 2.45) is 0 Å². The molecule has 70 valence electrons. The highest BCUT2D eigenvalue weighted by Gasteiger charge is 2.44. The molecule has 0 radical (unpaired) electrons. The van der Waals surface area contributed by atoms with E-state index in [1.165, 1.54) is 0 Å². The molecule has 1 aromatic rings. The standard InChI is InChI=1S/C10H11BrO2/c1-13-9-6-7(11)2-3-8(9)10(12)4-5-10/h2-3,6,12H,4-5H2,1H3. The Morgan fingerprint density at radius 1 is 1.46 bits per heavy atom.